The van der Waals surface area contributed by atoms with Gasteiger partial charge < -0.3 is 10.1 Å². The van der Waals surface area contributed by atoms with Crippen LogP contribution in [-0.4, -0.2) is 17.5 Å². The standard InChI is InChI=1S/C26H23ClN2O2S/c1-2-6-18-11-13-21(14-12-18)31-16-25(30)28-20-8-5-7-19(15-20)24-17-32-26(29-24)22-9-3-4-10-23(22)27/h3-5,7-15,17H,2,6,16H2,1H3,(H,28,30). The number of nitrogens with zero attached hydrogens (tertiary/aromatic N) is 1. The van der Waals surface area contributed by atoms with Crippen molar-refractivity contribution in [2.24, 2.45) is 0 Å². The van der Waals surface area contributed by atoms with E-state index in [1.807, 2.05) is 78.2 Å². The van der Waals surface area contributed by atoms with E-state index in [0.717, 1.165) is 34.7 Å². The highest BCUT2D eigenvalue weighted by Crippen LogP contribution is 2.33. The topological polar surface area (TPSA) is 51.2 Å². The molecule has 162 valence electrons. The van der Waals surface area contributed by atoms with E-state index in [1.165, 1.54) is 16.9 Å². The number of ether oxygens (including phenoxy) is 1. The summed E-state index contributed by atoms with van der Waals surface area (Å²) in [5.41, 5.74) is 4.63. The zero-order valence-corrected chi connectivity index (χ0v) is 19.2. The Morgan fingerprint density at radius 3 is 2.66 bits per heavy atom. The van der Waals surface area contributed by atoms with E-state index >= 15 is 0 Å². The fourth-order valence-electron chi connectivity index (χ4n) is 3.31. The van der Waals surface area contributed by atoms with Crippen molar-refractivity contribution < 1.29 is 9.53 Å². The Bertz CT molecular complexity index is 1200. The predicted molar refractivity (Wildman–Crippen MR) is 133 cm³/mol. The molecule has 4 rings (SSSR count). The maximum absolute atomic E-state index is 12.4. The first-order chi connectivity index (χ1) is 15.6. The lowest BCUT2D eigenvalue weighted by Crippen LogP contribution is -2.20. The molecule has 0 fully saturated rings. The van der Waals surface area contributed by atoms with Gasteiger partial charge in [-0.05, 0) is 42.3 Å². The maximum atomic E-state index is 12.4. The van der Waals surface area contributed by atoms with Gasteiger partial charge in [0.05, 0.1) is 10.7 Å². The van der Waals surface area contributed by atoms with Crippen molar-refractivity contribution >= 4 is 34.5 Å². The highest BCUT2D eigenvalue weighted by molar-refractivity contribution is 7.13. The van der Waals surface area contributed by atoms with E-state index in [0.29, 0.717) is 16.5 Å². The largest absolute Gasteiger partial charge is 0.484 e. The Morgan fingerprint density at radius 1 is 1.06 bits per heavy atom. The van der Waals surface area contributed by atoms with Crippen molar-refractivity contribution in [3.8, 4) is 27.6 Å². The highest BCUT2D eigenvalue weighted by Gasteiger charge is 2.11. The van der Waals surface area contributed by atoms with Crippen LogP contribution >= 0.6 is 22.9 Å². The van der Waals surface area contributed by atoms with Crippen LogP contribution in [0.3, 0.4) is 0 Å². The van der Waals surface area contributed by atoms with Crippen LogP contribution in [0.25, 0.3) is 21.8 Å². The van der Waals surface area contributed by atoms with E-state index in [9.17, 15) is 4.79 Å². The number of benzene rings is 3. The summed E-state index contributed by atoms with van der Waals surface area (Å²) < 4.78 is 5.62. The third-order valence-corrected chi connectivity index (χ3v) is 6.09. The van der Waals surface area contributed by atoms with Gasteiger partial charge in [-0.15, -0.1) is 11.3 Å². The Labute approximate surface area is 196 Å². The molecule has 32 heavy (non-hydrogen) atoms. The summed E-state index contributed by atoms with van der Waals surface area (Å²) in [5, 5.41) is 6.42. The monoisotopic (exact) mass is 462 g/mol. The number of hydrogen-bond acceptors (Lipinski definition) is 4. The molecule has 1 amide bonds. The Kier molecular flexibility index (Phi) is 7.20. The van der Waals surface area contributed by atoms with Gasteiger partial charge in [-0.2, -0.15) is 0 Å². The SMILES string of the molecule is CCCc1ccc(OCC(=O)Nc2cccc(-c3csc(-c4ccccc4Cl)n3)c2)cc1. The number of halogens is 1. The van der Waals surface area contributed by atoms with Gasteiger partial charge in [0.15, 0.2) is 6.61 Å². The zero-order valence-electron chi connectivity index (χ0n) is 17.7. The number of carbonyl (C=O) groups excluding carboxylic acids is 1. The summed E-state index contributed by atoms with van der Waals surface area (Å²) in [6.45, 7) is 2.10. The number of nitrogens with one attached hydrogen (secondary N) is 1. The molecule has 0 unspecified atom stereocenters. The molecule has 0 atom stereocenters. The van der Waals surface area contributed by atoms with Crippen molar-refractivity contribution in [3.05, 3.63) is 88.8 Å². The van der Waals surface area contributed by atoms with E-state index in [-0.39, 0.29) is 12.5 Å². The second-order valence-electron chi connectivity index (χ2n) is 7.33. The first-order valence-electron chi connectivity index (χ1n) is 10.4. The van der Waals surface area contributed by atoms with Crippen LogP contribution in [0.1, 0.15) is 18.9 Å². The summed E-state index contributed by atoms with van der Waals surface area (Å²) in [4.78, 5) is 17.1. The molecule has 4 aromatic rings. The lowest BCUT2D eigenvalue weighted by atomic mass is 10.1. The fraction of sp³-hybridized carbons (Fsp3) is 0.154. The highest BCUT2D eigenvalue weighted by atomic mass is 35.5. The summed E-state index contributed by atoms with van der Waals surface area (Å²) in [6, 6.07) is 23.1. The van der Waals surface area contributed by atoms with Crippen LogP contribution < -0.4 is 10.1 Å². The molecular weight excluding hydrogens is 440 g/mol. The van der Waals surface area contributed by atoms with Crippen molar-refractivity contribution in [2.75, 3.05) is 11.9 Å². The van der Waals surface area contributed by atoms with Gasteiger partial charge in [0.2, 0.25) is 0 Å². The van der Waals surface area contributed by atoms with Crippen molar-refractivity contribution in [2.45, 2.75) is 19.8 Å². The first-order valence-corrected chi connectivity index (χ1v) is 11.7. The second kappa shape index (κ2) is 10.4. The van der Waals surface area contributed by atoms with E-state index in [4.69, 9.17) is 21.3 Å². The summed E-state index contributed by atoms with van der Waals surface area (Å²) >= 11 is 7.84. The minimum Gasteiger partial charge on any atom is -0.484 e. The van der Waals surface area contributed by atoms with Crippen LogP contribution in [0.4, 0.5) is 5.69 Å². The van der Waals surface area contributed by atoms with Crippen LogP contribution in [-0.2, 0) is 11.2 Å². The van der Waals surface area contributed by atoms with E-state index in [2.05, 4.69) is 12.2 Å². The zero-order chi connectivity index (χ0) is 22.3. The number of hydrogen-bond donors (Lipinski definition) is 1. The Hall–Kier alpha value is -3.15. The van der Waals surface area contributed by atoms with Crippen molar-refractivity contribution in [1.82, 2.24) is 4.98 Å². The fourth-order valence-corrected chi connectivity index (χ4v) is 4.46. The number of anilines is 1. The predicted octanol–water partition coefficient (Wildman–Crippen LogP) is 7.10. The molecule has 0 saturated carbocycles. The molecule has 0 spiro atoms. The molecule has 4 nitrogen and oxygen atoms in total. The Morgan fingerprint density at radius 2 is 1.88 bits per heavy atom. The number of aryl methyl sites for hydroxylation is 1. The van der Waals surface area contributed by atoms with Crippen LogP contribution in [0.2, 0.25) is 5.02 Å². The second-order valence-corrected chi connectivity index (χ2v) is 8.59. The summed E-state index contributed by atoms with van der Waals surface area (Å²) in [6.07, 6.45) is 2.14. The molecule has 0 saturated heterocycles. The van der Waals surface area contributed by atoms with Gasteiger partial charge in [0, 0.05) is 22.2 Å². The normalized spacial score (nSPS) is 10.7. The molecule has 0 aliphatic carbocycles. The molecule has 0 aliphatic rings. The minimum absolute atomic E-state index is 0.0509. The molecule has 1 heterocycles. The number of carbonyl (C=O) groups is 1. The maximum Gasteiger partial charge on any atom is 0.262 e. The number of amides is 1. The van der Waals surface area contributed by atoms with Gasteiger partial charge in [-0.3, -0.25) is 4.79 Å². The lowest BCUT2D eigenvalue weighted by molar-refractivity contribution is -0.118. The van der Waals surface area contributed by atoms with Gasteiger partial charge >= 0.3 is 0 Å². The molecule has 1 N–H and O–H groups in total. The molecule has 0 bridgehead atoms. The van der Waals surface area contributed by atoms with E-state index < -0.39 is 0 Å². The number of rotatable bonds is 8. The average molecular weight is 463 g/mol. The van der Waals surface area contributed by atoms with Crippen LogP contribution in [0, 0.1) is 0 Å². The minimum atomic E-state index is -0.213. The molecule has 1 aromatic heterocycles. The molecular formula is C26H23ClN2O2S. The van der Waals surface area contributed by atoms with Crippen LogP contribution in [0.5, 0.6) is 5.75 Å². The average Bonchev–Trinajstić information content (AvgIpc) is 3.29. The third-order valence-electron chi connectivity index (χ3n) is 4.88. The Balaban J connectivity index is 1.39. The van der Waals surface area contributed by atoms with Crippen molar-refractivity contribution in [3.63, 3.8) is 0 Å². The number of aromatic nitrogens is 1. The lowest BCUT2D eigenvalue weighted by Gasteiger charge is -2.09. The number of thiazole rings is 1. The molecule has 6 heteroatoms. The first kappa shape index (κ1) is 22.1. The summed E-state index contributed by atoms with van der Waals surface area (Å²) in [7, 11) is 0. The van der Waals surface area contributed by atoms with Gasteiger partial charge in [-0.25, -0.2) is 4.98 Å². The smallest absolute Gasteiger partial charge is 0.262 e. The van der Waals surface area contributed by atoms with Gasteiger partial charge in [0.25, 0.3) is 5.91 Å². The van der Waals surface area contributed by atoms with Gasteiger partial charge in [0.1, 0.15) is 10.8 Å². The molecule has 3 aromatic carbocycles. The van der Waals surface area contributed by atoms with E-state index in [1.54, 1.807) is 0 Å². The van der Waals surface area contributed by atoms with Crippen LogP contribution in [0.15, 0.2) is 78.2 Å². The quantitative estimate of drug-likeness (QED) is 0.304. The van der Waals surface area contributed by atoms with Gasteiger partial charge in [-0.1, -0.05) is 67.4 Å². The summed E-state index contributed by atoms with van der Waals surface area (Å²) in [5.74, 6) is 0.471. The molecule has 0 radical (unpaired) electrons. The van der Waals surface area contributed by atoms with Crippen molar-refractivity contribution in [1.29, 1.82) is 0 Å². The third kappa shape index (κ3) is 5.55. The molecule has 0 aliphatic heterocycles.